The van der Waals surface area contributed by atoms with Crippen molar-refractivity contribution in [3.8, 4) is 0 Å². The molecule has 0 bridgehead atoms. The van der Waals surface area contributed by atoms with Crippen LogP contribution in [0.25, 0.3) is 0 Å². The zero-order valence-electron chi connectivity index (χ0n) is 10.7. The average Bonchev–Trinajstić information content (AvgIpc) is 3.10. The van der Waals surface area contributed by atoms with Crippen LogP contribution >= 0.6 is 0 Å². The number of ether oxygens (including phenoxy) is 1. The molecule has 0 amide bonds. The largest absolute Gasteiger partial charge is 0.383 e. The molecule has 1 saturated heterocycles. The van der Waals surface area contributed by atoms with Gasteiger partial charge in [0, 0.05) is 25.7 Å². The summed E-state index contributed by atoms with van der Waals surface area (Å²) in [6.07, 6.45) is 6.91. The first kappa shape index (κ1) is 12.3. The molecule has 1 aliphatic heterocycles. The van der Waals surface area contributed by atoms with E-state index in [-0.39, 0.29) is 0 Å². The van der Waals surface area contributed by atoms with Crippen molar-refractivity contribution < 1.29 is 4.74 Å². The lowest BCUT2D eigenvalue weighted by molar-refractivity contribution is 0.138. The Hall–Kier alpha value is -0.120. The molecule has 3 heteroatoms. The van der Waals surface area contributed by atoms with Crippen LogP contribution in [0.5, 0.6) is 0 Å². The highest BCUT2D eigenvalue weighted by molar-refractivity contribution is 4.88. The minimum absolute atomic E-state index is 0.598. The van der Waals surface area contributed by atoms with Gasteiger partial charge in [0.1, 0.15) is 0 Å². The smallest absolute Gasteiger partial charge is 0.0618 e. The third kappa shape index (κ3) is 3.44. The Bertz CT molecular complexity index is 202. The molecule has 0 aromatic heterocycles. The van der Waals surface area contributed by atoms with E-state index in [2.05, 4.69) is 17.3 Å². The van der Waals surface area contributed by atoms with Gasteiger partial charge in [-0.1, -0.05) is 6.42 Å². The van der Waals surface area contributed by atoms with Crippen molar-refractivity contribution in [1.82, 2.24) is 10.2 Å². The lowest BCUT2D eigenvalue weighted by Gasteiger charge is -2.33. The van der Waals surface area contributed by atoms with Gasteiger partial charge in [-0.25, -0.2) is 0 Å². The summed E-state index contributed by atoms with van der Waals surface area (Å²) in [5.74, 6) is 0.883. The lowest BCUT2D eigenvalue weighted by atomic mass is 10.0. The number of likely N-dealkylation sites (N-methyl/N-ethyl adjacent to an activating group) is 1. The van der Waals surface area contributed by atoms with Gasteiger partial charge < -0.3 is 15.0 Å². The van der Waals surface area contributed by atoms with E-state index in [1.807, 2.05) is 7.11 Å². The lowest BCUT2D eigenvalue weighted by Crippen LogP contribution is -2.47. The van der Waals surface area contributed by atoms with Crippen molar-refractivity contribution in [2.45, 2.75) is 44.2 Å². The van der Waals surface area contributed by atoms with Crippen molar-refractivity contribution >= 4 is 0 Å². The monoisotopic (exact) mass is 226 g/mol. The summed E-state index contributed by atoms with van der Waals surface area (Å²) in [4.78, 5) is 2.51. The summed E-state index contributed by atoms with van der Waals surface area (Å²) >= 11 is 0. The van der Waals surface area contributed by atoms with Crippen LogP contribution in [-0.2, 0) is 4.74 Å². The number of methoxy groups -OCH3 is 1. The van der Waals surface area contributed by atoms with Crippen molar-refractivity contribution in [1.29, 1.82) is 0 Å². The predicted octanol–water partition coefficient (Wildman–Crippen LogP) is 1.49. The van der Waals surface area contributed by atoms with Crippen LogP contribution in [0.2, 0.25) is 0 Å². The fourth-order valence-corrected chi connectivity index (χ4v) is 2.73. The molecule has 0 aromatic rings. The normalized spacial score (nSPS) is 29.2. The van der Waals surface area contributed by atoms with Crippen molar-refractivity contribution in [2.24, 2.45) is 5.92 Å². The predicted molar refractivity (Wildman–Crippen MR) is 66.7 cm³/mol. The van der Waals surface area contributed by atoms with Crippen LogP contribution in [0.1, 0.15) is 32.1 Å². The molecule has 94 valence electrons. The fraction of sp³-hybridized carbons (Fsp3) is 1.00. The molecule has 2 fully saturated rings. The highest BCUT2D eigenvalue weighted by Gasteiger charge is 2.31. The third-order valence-corrected chi connectivity index (χ3v) is 4.07. The highest BCUT2D eigenvalue weighted by atomic mass is 16.5. The maximum atomic E-state index is 5.30. The molecular formula is C13H26N2O. The molecule has 2 rings (SSSR count). The zero-order valence-corrected chi connectivity index (χ0v) is 10.7. The maximum Gasteiger partial charge on any atom is 0.0618 e. The molecule has 2 unspecified atom stereocenters. The first-order chi connectivity index (χ1) is 7.81. The number of rotatable bonds is 6. The number of likely N-dealkylation sites (tertiary alicyclic amines) is 1. The molecule has 0 radical (unpaired) electrons. The van der Waals surface area contributed by atoms with Gasteiger partial charge >= 0.3 is 0 Å². The van der Waals surface area contributed by atoms with Gasteiger partial charge in [0.25, 0.3) is 0 Å². The van der Waals surface area contributed by atoms with Gasteiger partial charge in [-0.05, 0) is 45.2 Å². The van der Waals surface area contributed by atoms with Crippen molar-refractivity contribution in [3.63, 3.8) is 0 Å². The second kappa shape index (κ2) is 5.99. The van der Waals surface area contributed by atoms with Gasteiger partial charge in [-0.15, -0.1) is 0 Å². The Morgan fingerprint density at radius 3 is 2.75 bits per heavy atom. The zero-order chi connectivity index (χ0) is 11.4. The number of hydrogen-bond donors (Lipinski definition) is 1. The molecule has 0 aromatic carbocycles. The number of hydrogen-bond acceptors (Lipinski definition) is 3. The summed E-state index contributed by atoms with van der Waals surface area (Å²) in [7, 11) is 4.07. The van der Waals surface area contributed by atoms with Gasteiger partial charge in [0.2, 0.25) is 0 Å². The summed E-state index contributed by atoms with van der Waals surface area (Å²) < 4.78 is 5.30. The summed E-state index contributed by atoms with van der Waals surface area (Å²) in [6, 6.07) is 1.34. The van der Waals surface area contributed by atoms with Crippen LogP contribution in [0.4, 0.5) is 0 Å². The van der Waals surface area contributed by atoms with E-state index in [1.165, 1.54) is 38.6 Å². The van der Waals surface area contributed by atoms with Gasteiger partial charge in [0.05, 0.1) is 6.61 Å². The number of nitrogens with one attached hydrogen (secondary N) is 1. The SMILES string of the molecule is COCC(NCC1CCCCN1C)C1CC1. The van der Waals surface area contributed by atoms with E-state index in [0.717, 1.165) is 25.1 Å². The molecule has 0 spiro atoms. The first-order valence-corrected chi connectivity index (χ1v) is 6.74. The van der Waals surface area contributed by atoms with Crippen molar-refractivity contribution in [3.05, 3.63) is 0 Å². The molecule has 1 saturated carbocycles. The summed E-state index contributed by atoms with van der Waals surface area (Å²) in [6.45, 7) is 3.28. The fourth-order valence-electron chi connectivity index (χ4n) is 2.73. The van der Waals surface area contributed by atoms with Crippen LogP contribution in [-0.4, -0.2) is 50.8 Å². The van der Waals surface area contributed by atoms with Gasteiger partial charge in [-0.2, -0.15) is 0 Å². The Morgan fingerprint density at radius 2 is 2.12 bits per heavy atom. The Labute approximate surface area is 99.5 Å². The molecular weight excluding hydrogens is 200 g/mol. The molecule has 1 aliphatic carbocycles. The second-order valence-corrected chi connectivity index (χ2v) is 5.44. The molecule has 2 aliphatic rings. The third-order valence-electron chi connectivity index (χ3n) is 4.07. The van der Waals surface area contributed by atoms with E-state index in [0.29, 0.717) is 6.04 Å². The van der Waals surface area contributed by atoms with Gasteiger partial charge in [0.15, 0.2) is 0 Å². The van der Waals surface area contributed by atoms with Gasteiger partial charge in [-0.3, -0.25) is 0 Å². The molecule has 1 heterocycles. The van der Waals surface area contributed by atoms with Crippen LogP contribution in [0.3, 0.4) is 0 Å². The van der Waals surface area contributed by atoms with E-state index in [9.17, 15) is 0 Å². The summed E-state index contributed by atoms with van der Waals surface area (Å²) in [5, 5.41) is 3.72. The van der Waals surface area contributed by atoms with Crippen LogP contribution in [0, 0.1) is 5.92 Å². The second-order valence-electron chi connectivity index (χ2n) is 5.44. The standard InChI is InChI=1S/C13H26N2O/c1-15-8-4-3-5-12(15)9-14-13(10-16-2)11-6-7-11/h11-14H,3-10H2,1-2H3. The first-order valence-electron chi connectivity index (χ1n) is 6.74. The van der Waals surface area contributed by atoms with Crippen LogP contribution in [0.15, 0.2) is 0 Å². The molecule has 3 nitrogen and oxygen atoms in total. The molecule has 2 atom stereocenters. The Morgan fingerprint density at radius 1 is 1.31 bits per heavy atom. The van der Waals surface area contributed by atoms with Crippen LogP contribution < -0.4 is 5.32 Å². The van der Waals surface area contributed by atoms with E-state index < -0.39 is 0 Å². The molecule has 1 N–H and O–H groups in total. The van der Waals surface area contributed by atoms with Crippen molar-refractivity contribution in [2.75, 3.05) is 33.9 Å². The molecule has 16 heavy (non-hydrogen) atoms. The number of nitrogens with zero attached hydrogens (tertiary/aromatic N) is 1. The maximum absolute atomic E-state index is 5.30. The average molecular weight is 226 g/mol. The summed E-state index contributed by atoms with van der Waals surface area (Å²) in [5.41, 5.74) is 0. The van der Waals surface area contributed by atoms with E-state index in [1.54, 1.807) is 0 Å². The Kier molecular flexibility index (Phi) is 4.62. The van der Waals surface area contributed by atoms with E-state index >= 15 is 0 Å². The minimum Gasteiger partial charge on any atom is -0.383 e. The number of piperidine rings is 1. The van der Waals surface area contributed by atoms with E-state index in [4.69, 9.17) is 4.74 Å². The highest BCUT2D eigenvalue weighted by Crippen LogP contribution is 2.32. The quantitative estimate of drug-likeness (QED) is 0.742. The topological polar surface area (TPSA) is 24.5 Å². The minimum atomic E-state index is 0.598. The Balaban J connectivity index is 1.71.